The van der Waals surface area contributed by atoms with Crippen molar-refractivity contribution in [2.45, 2.75) is 36.9 Å². The fourth-order valence-corrected chi connectivity index (χ4v) is 3.29. The van der Waals surface area contributed by atoms with Crippen LogP contribution in [0.1, 0.15) is 31.2 Å². The summed E-state index contributed by atoms with van der Waals surface area (Å²) in [5, 5.41) is 9.65. The zero-order valence-corrected chi connectivity index (χ0v) is 11.1. The summed E-state index contributed by atoms with van der Waals surface area (Å²) in [6.45, 7) is 1.08. The summed E-state index contributed by atoms with van der Waals surface area (Å²) in [5.41, 5.74) is -0.910. The second-order valence-corrected chi connectivity index (χ2v) is 5.47. The number of halogens is 1. The van der Waals surface area contributed by atoms with Crippen LogP contribution in [0.2, 0.25) is 0 Å². The molecule has 1 heterocycles. The molecule has 3 rings (SSSR count). The van der Waals surface area contributed by atoms with E-state index in [1.807, 2.05) is 0 Å². The molecule has 1 saturated heterocycles. The third kappa shape index (κ3) is 2.01. The van der Waals surface area contributed by atoms with E-state index in [9.17, 15) is 14.3 Å². The van der Waals surface area contributed by atoms with Crippen molar-refractivity contribution < 1.29 is 23.8 Å². The Labute approximate surface area is 116 Å². The minimum absolute atomic E-state index is 0.264. The fraction of sp³-hybridized carbons (Fsp3) is 0.533. The number of hydrogen-bond donors (Lipinski definition) is 1. The summed E-state index contributed by atoms with van der Waals surface area (Å²) >= 11 is 0. The van der Waals surface area contributed by atoms with Crippen LogP contribution >= 0.6 is 0 Å². The quantitative estimate of drug-likeness (QED) is 0.904. The average Bonchev–Trinajstić information content (AvgIpc) is 2.89. The van der Waals surface area contributed by atoms with Crippen molar-refractivity contribution in [3.05, 3.63) is 35.6 Å². The smallest absolute Gasteiger partial charge is 0.314 e. The molecule has 1 aliphatic heterocycles. The second kappa shape index (κ2) is 4.82. The highest BCUT2D eigenvalue weighted by atomic mass is 19.1. The molecule has 0 amide bonds. The molecule has 0 unspecified atom stereocenters. The summed E-state index contributed by atoms with van der Waals surface area (Å²) in [6, 6.07) is 6.13. The van der Waals surface area contributed by atoms with Crippen molar-refractivity contribution in [3.8, 4) is 0 Å². The molecule has 0 bridgehead atoms. The molecule has 2 aliphatic rings. The molecular weight excluding hydrogens is 263 g/mol. The van der Waals surface area contributed by atoms with Gasteiger partial charge in [-0.15, -0.1) is 0 Å². The Hall–Kier alpha value is -1.46. The average molecular weight is 280 g/mol. The minimum Gasteiger partial charge on any atom is -0.481 e. The van der Waals surface area contributed by atoms with Gasteiger partial charge in [0.05, 0.1) is 18.6 Å². The van der Waals surface area contributed by atoms with Crippen LogP contribution in [0.25, 0.3) is 0 Å². The maximum atomic E-state index is 14.0. The first kappa shape index (κ1) is 13.5. The Morgan fingerprint density at radius 3 is 2.25 bits per heavy atom. The molecule has 4 nitrogen and oxygen atoms in total. The van der Waals surface area contributed by atoms with Crippen LogP contribution in [0.15, 0.2) is 24.3 Å². The van der Waals surface area contributed by atoms with Gasteiger partial charge in [0.15, 0.2) is 5.79 Å². The first-order valence-electron chi connectivity index (χ1n) is 6.84. The van der Waals surface area contributed by atoms with Crippen molar-refractivity contribution in [3.63, 3.8) is 0 Å². The first-order chi connectivity index (χ1) is 9.58. The predicted octanol–water partition coefficient (Wildman–Crippen LogP) is 2.47. The summed E-state index contributed by atoms with van der Waals surface area (Å²) in [4.78, 5) is 11.8. The summed E-state index contributed by atoms with van der Waals surface area (Å²) < 4.78 is 25.2. The number of carboxylic acids is 1. The summed E-state index contributed by atoms with van der Waals surface area (Å²) in [6.07, 6.45) is 1.60. The first-order valence-corrected chi connectivity index (χ1v) is 6.84. The lowest BCUT2D eigenvalue weighted by Gasteiger charge is -2.41. The van der Waals surface area contributed by atoms with Crippen LogP contribution < -0.4 is 0 Å². The van der Waals surface area contributed by atoms with Gasteiger partial charge < -0.3 is 14.6 Å². The summed E-state index contributed by atoms with van der Waals surface area (Å²) in [7, 11) is 0. The van der Waals surface area contributed by atoms with Crippen LogP contribution in [0, 0.1) is 5.82 Å². The Morgan fingerprint density at radius 2 is 1.70 bits per heavy atom. The zero-order valence-electron chi connectivity index (χ0n) is 11.1. The Kier molecular flexibility index (Phi) is 3.26. The van der Waals surface area contributed by atoms with Gasteiger partial charge in [0, 0.05) is 18.4 Å². The molecule has 108 valence electrons. The van der Waals surface area contributed by atoms with Gasteiger partial charge in [-0.3, -0.25) is 4.79 Å². The minimum atomic E-state index is -1.17. The third-order valence-electron chi connectivity index (χ3n) is 4.48. The van der Waals surface area contributed by atoms with Gasteiger partial charge in [-0.2, -0.15) is 0 Å². The molecule has 1 aliphatic carbocycles. The Balaban J connectivity index is 1.92. The van der Waals surface area contributed by atoms with E-state index in [1.165, 1.54) is 6.07 Å². The molecule has 0 radical (unpaired) electrons. The molecule has 1 spiro atoms. The van der Waals surface area contributed by atoms with E-state index >= 15 is 0 Å². The fourth-order valence-electron chi connectivity index (χ4n) is 3.29. The van der Waals surface area contributed by atoms with Crippen molar-refractivity contribution in [2.24, 2.45) is 0 Å². The third-order valence-corrected chi connectivity index (χ3v) is 4.48. The van der Waals surface area contributed by atoms with Crippen LogP contribution in [-0.2, 0) is 19.7 Å². The number of carboxylic acid groups (broad SMARTS) is 1. The van der Waals surface area contributed by atoms with Crippen LogP contribution in [0.5, 0.6) is 0 Å². The number of hydrogen-bond acceptors (Lipinski definition) is 3. The molecule has 1 aromatic carbocycles. The topological polar surface area (TPSA) is 55.8 Å². The number of rotatable bonds is 2. The van der Waals surface area contributed by atoms with Gasteiger partial charge in [-0.25, -0.2) is 4.39 Å². The van der Waals surface area contributed by atoms with E-state index in [2.05, 4.69) is 0 Å². The molecule has 20 heavy (non-hydrogen) atoms. The standard InChI is InChI=1S/C15H17FO4/c16-12-4-2-1-3-11(12)14(13(17)18)5-7-15(8-6-14)19-9-10-20-15/h1-4H,5-10H2,(H,17,18). The number of aliphatic carboxylic acids is 1. The van der Waals surface area contributed by atoms with Crippen molar-refractivity contribution in [1.29, 1.82) is 0 Å². The SMILES string of the molecule is O=C(O)C1(c2ccccc2F)CCC2(CC1)OCCO2. The molecule has 0 aromatic heterocycles. The number of ether oxygens (including phenoxy) is 2. The maximum absolute atomic E-state index is 14.0. The highest BCUT2D eigenvalue weighted by Gasteiger charge is 2.51. The number of carbonyl (C=O) groups is 1. The molecule has 2 fully saturated rings. The molecule has 1 N–H and O–H groups in total. The van der Waals surface area contributed by atoms with Crippen molar-refractivity contribution in [1.82, 2.24) is 0 Å². The molecule has 1 saturated carbocycles. The van der Waals surface area contributed by atoms with Gasteiger partial charge in [-0.05, 0) is 18.9 Å². The van der Waals surface area contributed by atoms with Gasteiger partial charge in [-0.1, -0.05) is 18.2 Å². The van der Waals surface area contributed by atoms with E-state index in [4.69, 9.17) is 9.47 Å². The Morgan fingerprint density at radius 1 is 1.10 bits per heavy atom. The van der Waals surface area contributed by atoms with Gasteiger partial charge in [0.25, 0.3) is 0 Å². The maximum Gasteiger partial charge on any atom is 0.314 e. The van der Waals surface area contributed by atoms with E-state index in [0.717, 1.165) is 0 Å². The van der Waals surface area contributed by atoms with Gasteiger partial charge in [0.2, 0.25) is 0 Å². The van der Waals surface area contributed by atoms with Crippen LogP contribution in [0.3, 0.4) is 0 Å². The predicted molar refractivity (Wildman–Crippen MR) is 68.8 cm³/mol. The number of benzene rings is 1. The van der Waals surface area contributed by atoms with Crippen LogP contribution in [0.4, 0.5) is 4.39 Å². The highest BCUT2D eigenvalue weighted by Crippen LogP contribution is 2.47. The second-order valence-electron chi connectivity index (χ2n) is 5.47. The lowest BCUT2D eigenvalue weighted by atomic mass is 9.67. The van der Waals surface area contributed by atoms with Crippen molar-refractivity contribution in [2.75, 3.05) is 13.2 Å². The van der Waals surface area contributed by atoms with Crippen LogP contribution in [-0.4, -0.2) is 30.1 Å². The molecular formula is C15H17FO4. The normalized spacial score (nSPS) is 23.9. The zero-order chi connectivity index (χ0) is 14.2. The molecule has 0 atom stereocenters. The highest BCUT2D eigenvalue weighted by molar-refractivity contribution is 5.81. The van der Waals surface area contributed by atoms with E-state index in [1.54, 1.807) is 18.2 Å². The molecule has 1 aromatic rings. The summed E-state index contributed by atoms with van der Waals surface area (Å²) in [5.74, 6) is -2.08. The van der Waals surface area contributed by atoms with E-state index in [-0.39, 0.29) is 5.56 Å². The molecule has 5 heteroatoms. The van der Waals surface area contributed by atoms with Crippen molar-refractivity contribution >= 4 is 5.97 Å². The van der Waals surface area contributed by atoms with E-state index < -0.39 is 23.0 Å². The van der Waals surface area contributed by atoms with Gasteiger partial charge in [0.1, 0.15) is 5.82 Å². The van der Waals surface area contributed by atoms with E-state index in [0.29, 0.717) is 38.9 Å². The van der Waals surface area contributed by atoms with Gasteiger partial charge >= 0.3 is 5.97 Å². The Bertz CT molecular complexity index is 512. The largest absolute Gasteiger partial charge is 0.481 e. The monoisotopic (exact) mass is 280 g/mol. The lowest BCUT2D eigenvalue weighted by Crippen LogP contribution is -2.46. The lowest BCUT2D eigenvalue weighted by molar-refractivity contribution is -0.190.